The van der Waals surface area contributed by atoms with E-state index in [0.29, 0.717) is 12.0 Å². The summed E-state index contributed by atoms with van der Waals surface area (Å²) >= 11 is 0. The van der Waals surface area contributed by atoms with Crippen LogP contribution in [0.4, 0.5) is 0 Å². The van der Waals surface area contributed by atoms with Gasteiger partial charge in [-0.15, -0.1) is 0 Å². The Labute approximate surface area is 109 Å². The SMILES string of the molecule is Cc1cnc(C2CCOCC2)n1C1CCCNC1. The van der Waals surface area contributed by atoms with Crippen molar-refractivity contribution in [2.24, 2.45) is 0 Å². The van der Waals surface area contributed by atoms with E-state index in [1.165, 1.54) is 24.4 Å². The number of piperidine rings is 1. The van der Waals surface area contributed by atoms with Gasteiger partial charge in [-0.2, -0.15) is 0 Å². The number of imidazole rings is 1. The van der Waals surface area contributed by atoms with Crippen LogP contribution in [0, 0.1) is 6.92 Å². The van der Waals surface area contributed by atoms with Gasteiger partial charge >= 0.3 is 0 Å². The monoisotopic (exact) mass is 249 g/mol. The first-order valence-corrected chi connectivity index (χ1v) is 7.18. The van der Waals surface area contributed by atoms with Crippen LogP contribution in [0.2, 0.25) is 0 Å². The number of hydrogen-bond donors (Lipinski definition) is 1. The van der Waals surface area contributed by atoms with Crippen LogP contribution < -0.4 is 5.32 Å². The van der Waals surface area contributed by atoms with Crippen molar-refractivity contribution in [3.05, 3.63) is 17.7 Å². The Bertz CT molecular complexity index is 390. The van der Waals surface area contributed by atoms with Gasteiger partial charge in [-0.1, -0.05) is 0 Å². The topological polar surface area (TPSA) is 39.1 Å². The maximum Gasteiger partial charge on any atom is 0.112 e. The molecule has 3 heterocycles. The summed E-state index contributed by atoms with van der Waals surface area (Å²) in [5, 5.41) is 3.51. The minimum absolute atomic E-state index is 0.592. The lowest BCUT2D eigenvalue weighted by atomic mass is 9.98. The molecular weight excluding hydrogens is 226 g/mol. The molecule has 1 aromatic heterocycles. The highest BCUT2D eigenvalue weighted by Crippen LogP contribution is 2.30. The fraction of sp³-hybridized carbons (Fsp3) is 0.786. The zero-order valence-corrected chi connectivity index (χ0v) is 11.2. The van der Waals surface area contributed by atoms with E-state index in [9.17, 15) is 0 Å². The summed E-state index contributed by atoms with van der Waals surface area (Å²) in [5.74, 6) is 1.89. The predicted octanol–water partition coefficient (Wildman–Crippen LogP) is 2.01. The van der Waals surface area contributed by atoms with Crippen LogP contribution in [-0.4, -0.2) is 35.9 Å². The van der Waals surface area contributed by atoms with Crippen LogP contribution in [0.1, 0.15) is 49.2 Å². The van der Waals surface area contributed by atoms with Gasteiger partial charge in [-0.25, -0.2) is 4.98 Å². The summed E-state index contributed by atoms with van der Waals surface area (Å²) in [6, 6.07) is 0.596. The number of rotatable bonds is 2. The molecular formula is C14H23N3O. The van der Waals surface area contributed by atoms with E-state index in [1.54, 1.807) is 0 Å². The molecule has 4 heteroatoms. The molecule has 100 valence electrons. The fourth-order valence-corrected chi connectivity index (χ4v) is 3.25. The van der Waals surface area contributed by atoms with Crippen molar-refractivity contribution < 1.29 is 4.74 Å². The van der Waals surface area contributed by atoms with E-state index >= 15 is 0 Å². The van der Waals surface area contributed by atoms with Crippen molar-refractivity contribution in [3.63, 3.8) is 0 Å². The second kappa shape index (κ2) is 5.41. The zero-order valence-electron chi connectivity index (χ0n) is 11.2. The first kappa shape index (κ1) is 12.2. The maximum atomic E-state index is 5.46. The lowest BCUT2D eigenvalue weighted by molar-refractivity contribution is 0.0822. The van der Waals surface area contributed by atoms with Crippen LogP contribution in [0.5, 0.6) is 0 Å². The van der Waals surface area contributed by atoms with Crippen molar-refractivity contribution in [1.29, 1.82) is 0 Å². The summed E-state index contributed by atoms with van der Waals surface area (Å²) in [6.45, 7) is 6.22. The number of hydrogen-bond acceptors (Lipinski definition) is 3. The molecule has 1 N–H and O–H groups in total. The molecule has 0 aromatic carbocycles. The van der Waals surface area contributed by atoms with Crippen LogP contribution in [-0.2, 0) is 4.74 Å². The highest BCUT2D eigenvalue weighted by Gasteiger charge is 2.25. The van der Waals surface area contributed by atoms with E-state index in [1.807, 2.05) is 6.20 Å². The minimum atomic E-state index is 0.592. The molecule has 2 fully saturated rings. The average Bonchev–Trinajstić information content (AvgIpc) is 2.83. The molecule has 2 aliphatic heterocycles. The van der Waals surface area contributed by atoms with Crippen LogP contribution in [0.15, 0.2) is 6.20 Å². The summed E-state index contributed by atoms with van der Waals surface area (Å²) in [5.41, 5.74) is 1.31. The third-order valence-corrected chi connectivity index (χ3v) is 4.23. The van der Waals surface area contributed by atoms with E-state index in [2.05, 4.69) is 16.8 Å². The molecule has 1 atom stereocenters. The Balaban J connectivity index is 1.85. The standard InChI is InChI=1S/C14H23N3O/c1-11-9-16-14(12-4-7-18-8-5-12)17(11)13-3-2-6-15-10-13/h9,12-13,15H,2-8,10H2,1H3. The normalized spacial score (nSPS) is 26.4. The largest absolute Gasteiger partial charge is 0.381 e. The predicted molar refractivity (Wildman–Crippen MR) is 70.9 cm³/mol. The Kier molecular flexibility index (Phi) is 3.66. The number of aromatic nitrogens is 2. The number of nitrogens with zero attached hydrogens (tertiary/aromatic N) is 2. The summed E-state index contributed by atoms with van der Waals surface area (Å²) in [7, 11) is 0. The maximum absolute atomic E-state index is 5.46. The molecule has 2 saturated heterocycles. The Morgan fingerprint density at radius 3 is 2.89 bits per heavy atom. The minimum Gasteiger partial charge on any atom is -0.381 e. The first-order chi connectivity index (χ1) is 8.86. The average molecular weight is 249 g/mol. The summed E-state index contributed by atoms with van der Waals surface area (Å²) in [6.07, 6.45) is 6.84. The molecule has 0 saturated carbocycles. The molecule has 2 aliphatic rings. The Morgan fingerprint density at radius 1 is 1.33 bits per heavy atom. The summed E-state index contributed by atoms with van der Waals surface area (Å²) < 4.78 is 7.95. The molecule has 1 unspecified atom stereocenters. The lowest BCUT2D eigenvalue weighted by Gasteiger charge is -2.30. The van der Waals surface area contributed by atoms with Gasteiger partial charge in [-0.05, 0) is 39.2 Å². The molecule has 0 aliphatic carbocycles. The quantitative estimate of drug-likeness (QED) is 0.871. The van der Waals surface area contributed by atoms with Gasteiger partial charge in [0.05, 0.1) is 0 Å². The molecule has 0 amide bonds. The molecule has 0 bridgehead atoms. The van der Waals surface area contributed by atoms with E-state index in [4.69, 9.17) is 9.72 Å². The van der Waals surface area contributed by atoms with Gasteiger partial charge in [0.1, 0.15) is 5.82 Å². The van der Waals surface area contributed by atoms with Gasteiger partial charge in [-0.3, -0.25) is 0 Å². The van der Waals surface area contributed by atoms with Gasteiger partial charge in [0.15, 0.2) is 0 Å². The van der Waals surface area contributed by atoms with Crippen LogP contribution >= 0.6 is 0 Å². The van der Waals surface area contributed by atoms with Crippen molar-refractivity contribution >= 4 is 0 Å². The molecule has 0 radical (unpaired) electrons. The molecule has 0 spiro atoms. The van der Waals surface area contributed by atoms with Gasteiger partial charge in [0, 0.05) is 43.6 Å². The Morgan fingerprint density at radius 2 is 2.17 bits per heavy atom. The third kappa shape index (κ3) is 2.31. The number of ether oxygens (including phenoxy) is 1. The van der Waals surface area contributed by atoms with Crippen LogP contribution in [0.25, 0.3) is 0 Å². The van der Waals surface area contributed by atoms with E-state index in [-0.39, 0.29) is 0 Å². The van der Waals surface area contributed by atoms with E-state index in [0.717, 1.165) is 39.1 Å². The molecule has 3 rings (SSSR count). The van der Waals surface area contributed by atoms with Crippen LogP contribution in [0.3, 0.4) is 0 Å². The second-order valence-electron chi connectivity index (χ2n) is 5.51. The van der Waals surface area contributed by atoms with Crippen molar-refractivity contribution in [3.8, 4) is 0 Å². The van der Waals surface area contributed by atoms with Crippen molar-refractivity contribution in [2.75, 3.05) is 26.3 Å². The van der Waals surface area contributed by atoms with E-state index < -0.39 is 0 Å². The fourth-order valence-electron chi connectivity index (χ4n) is 3.25. The molecule has 1 aromatic rings. The third-order valence-electron chi connectivity index (χ3n) is 4.23. The highest BCUT2D eigenvalue weighted by atomic mass is 16.5. The molecule has 18 heavy (non-hydrogen) atoms. The van der Waals surface area contributed by atoms with Gasteiger partial charge < -0.3 is 14.6 Å². The van der Waals surface area contributed by atoms with Crippen molar-refractivity contribution in [1.82, 2.24) is 14.9 Å². The zero-order chi connectivity index (χ0) is 12.4. The number of nitrogens with one attached hydrogen (secondary N) is 1. The van der Waals surface area contributed by atoms with Crippen molar-refractivity contribution in [2.45, 2.75) is 44.6 Å². The molecule has 4 nitrogen and oxygen atoms in total. The van der Waals surface area contributed by atoms with Gasteiger partial charge in [0.25, 0.3) is 0 Å². The van der Waals surface area contributed by atoms with Gasteiger partial charge in [0.2, 0.25) is 0 Å². The Hall–Kier alpha value is -0.870. The lowest BCUT2D eigenvalue weighted by Crippen LogP contribution is -2.33. The summed E-state index contributed by atoms with van der Waals surface area (Å²) in [4.78, 5) is 4.69. The highest BCUT2D eigenvalue weighted by molar-refractivity contribution is 5.11. The smallest absolute Gasteiger partial charge is 0.112 e. The first-order valence-electron chi connectivity index (χ1n) is 7.18. The second-order valence-corrected chi connectivity index (χ2v) is 5.51. The number of aryl methyl sites for hydroxylation is 1.